The Bertz CT molecular complexity index is 1550. The van der Waals surface area contributed by atoms with Crippen molar-refractivity contribution >= 4 is 44.2 Å². The van der Waals surface area contributed by atoms with Crippen molar-refractivity contribution in [3.05, 3.63) is 60.3 Å². The third-order valence-electron chi connectivity index (χ3n) is 6.23. The predicted octanol–water partition coefficient (Wildman–Crippen LogP) is 3.22. The minimum atomic E-state index is -0.852. The molecular formula is C25H23N7O2S. The summed E-state index contributed by atoms with van der Waals surface area (Å²) in [4.78, 5) is 24.9. The number of carbonyl (C=O) groups is 1. The normalized spacial score (nSPS) is 15.1. The maximum absolute atomic E-state index is 11.6. The van der Waals surface area contributed by atoms with Crippen LogP contribution in [-0.2, 0) is 9.53 Å². The van der Waals surface area contributed by atoms with Crippen molar-refractivity contribution in [2.75, 3.05) is 31.2 Å². The lowest BCUT2D eigenvalue weighted by atomic mass is 10.0. The summed E-state index contributed by atoms with van der Waals surface area (Å²) in [5.41, 5.74) is 15.8. The number of amides is 1. The number of morpholine rings is 1. The molecular weight excluding hydrogens is 462 g/mol. The van der Waals surface area contributed by atoms with Crippen LogP contribution >= 0.6 is 11.3 Å². The van der Waals surface area contributed by atoms with Gasteiger partial charge in [-0.15, -0.1) is 11.3 Å². The Kier molecular flexibility index (Phi) is 5.40. The number of nitrogens with two attached hydrogens (primary N) is 2. The number of primary amides is 1. The monoisotopic (exact) mass is 485 g/mol. The Balaban J connectivity index is 1.52. The van der Waals surface area contributed by atoms with E-state index in [1.54, 1.807) is 17.5 Å². The van der Waals surface area contributed by atoms with Crippen LogP contribution < -0.4 is 16.4 Å². The molecule has 1 atom stereocenters. The fourth-order valence-electron chi connectivity index (χ4n) is 4.38. The van der Waals surface area contributed by atoms with Gasteiger partial charge in [-0.05, 0) is 29.3 Å². The summed E-state index contributed by atoms with van der Waals surface area (Å²) in [5.74, 6) is 0.993. The van der Waals surface area contributed by atoms with Crippen molar-refractivity contribution in [3.63, 3.8) is 0 Å². The van der Waals surface area contributed by atoms with Crippen LogP contribution in [0.5, 0.6) is 0 Å². The lowest BCUT2D eigenvalue weighted by Gasteiger charge is -2.28. The highest BCUT2D eigenvalue weighted by atomic mass is 32.1. The van der Waals surface area contributed by atoms with Crippen molar-refractivity contribution in [2.24, 2.45) is 11.5 Å². The number of hydrogen-bond donors (Lipinski definition) is 3. The summed E-state index contributed by atoms with van der Waals surface area (Å²) < 4.78 is 6.59. The van der Waals surface area contributed by atoms with E-state index in [0.29, 0.717) is 24.6 Å². The molecule has 10 heteroatoms. The second-order valence-corrected chi connectivity index (χ2v) is 9.49. The molecule has 4 heterocycles. The number of fused-ring (bicyclic) bond motifs is 2. The molecule has 6 rings (SSSR count). The van der Waals surface area contributed by atoms with Gasteiger partial charge in [0.1, 0.15) is 6.04 Å². The fraction of sp³-hybridized carbons (Fsp3) is 0.200. The first-order valence-electron chi connectivity index (χ1n) is 11.3. The number of thiophene rings is 1. The topological polar surface area (TPSA) is 136 Å². The lowest BCUT2D eigenvalue weighted by molar-refractivity contribution is -0.119. The van der Waals surface area contributed by atoms with E-state index < -0.39 is 11.9 Å². The summed E-state index contributed by atoms with van der Waals surface area (Å²) in [5, 5.41) is 8.19. The van der Waals surface area contributed by atoms with E-state index in [-0.39, 0.29) is 0 Å². The van der Waals surface area contributed by atoms with Gasteiger partial charge in [0, 0.05) is 28.9 Å². The van der Waals surface area contributed by atoms with Crippen LogP contribution in [0.25, 0.3) is 42.9 Å². The minimum absolute atomic E-state index is 0.558. The van der Waals surface area contributed by atoms with Crippen LogP contribution in [0, 0.1) is 0 Å². The first-order chi connectivity index (χ1) is 17.1. The van der Waals surface area contributed by atoms with Crippen LogP contribution in [-0.4, -0.2) is 52.4 Å². The molecule has 35 heavy (non-hydrogen) atoms. The van der Waals surface area contributed by atoms with Crippen LogP contribution in [0.2, 0.25) is 0 Å². The van der Waals surface area contributed by atoms with Gasteiger partial charge >= 0.3 is 0 Å². The second-order valence-electron chi connectivity index (χ2n) is 8.44. The quantitative estimate of drug-likeness (QED) is 0.348. The number of hydrogen-bond acceptors (Lipinski definition) is 8. The Hall–Kier alpha value is -3.86. The van der Waals surface area contributed by atoms with E-state index in [2.05, 4.69) is 21.2 Å². The third kappa shape index (κ3) is 3.91. The Morgan fingerprint density at radius 2 is 1.94 bits per heavy atom. The lowest BCUT2D eigenvalue weighted by Crippen LogP contribution is -2.36. The number of benzene rings is 2. The zero-order valence-corrected chi connectivity index (χ0v) is 19.6. The molecule has 2 aromatic carbocycles. The van der Waals surface area contributed by atoms with Gasteiger partial charge in [0.05, 0.1) is 35.1 Å². The molecule has 3 aromatic heterocycles. The van der Waals surface area contributed by atoms with Gasteiger partial charge < -0.3 is 21.1 Å². The SMILES string of the molecule is NC(=O)C(N)c1cccc(-c2cc3nc(-c4cccc5[nH]ncc45)nc(N4CCOCC4)c3s2)c1. The van der Waals surface area contributed by atoms with Gasteiger partial charge in [-0.2, -0.15) is 5.10 Å². The molecule has 1 aliphatic rings. The molecule has 1 amide bonds. The molecule has 1 aliphatic heterocycles. The molecule has 0 spiro atoms. The maximum Gasteiger partial charge on any atom is 0.238 e. The summed E-state index contributed by atoms with van der Waals surface area (Å²) in [7, 11) is 0. The van der Waals surface area contributed by atoms with Crippen molar-refractivity contribution in [2.45, 2.75) is 6.04 Å². The smallest absolute Gasteiger partial charge is 0.238 e. The second kappa shape index (κ2) is 8.73. The third-order valence-corrected chi connectivity index (χ3v) is 7.40. The molecule has 176 valence electrons. The highest BCUT2D eigenvalue weighted by Gasteiger charge is 2.22. The van der Waals surface area contributed by atoms with Crippen LogP contribution in [0.15, 0.2) is 54.7 Å². The van der Waals surface area contributed by atoms with Crippen LogP contribution in [0.4, 0.5) is 5.82 Å². The van der Waals surface area contributed by atoms with E-state index >= 15 is 0 Å². The van der Waals surface area contributed by atoms with Gasteiger partial charge in [-0.3, -0.25) is 9.89 Å². The summed E-state index contributed by atoms with van der Waals surface area (Å²) >= 11 is 1.63. The first kappa shape index (κ1) is 21.7. The van der Waals surface area contributed by atoms with E-state index in [1.807, 2.05) is 42.5 Å². The number of nitrogens with one attached hydrogen (secondary N) is 1. The van der Waals surface area contributed by atoms with Crippen molar-refractivity contribution in [1.29, 1.82) is 0 Å². The molecule has 5 aromatic rings. The summed E-state index contributed by atoms with van der Waals surface area (Å²) in [6.07, 6.45) is 1.80. The number of rotatable bonds is 5. The highest BCUT2D eigenvalue weighted by Crippen LogP contribution is 2.40. The number of aromatic amines is 1. The van der Waals surface area contributed by atoms with Gasteiger partial charge in [0.2, 0.25) is 5.91 Å². The van der Waals surface area contributed by atoms with Crippen LogP contribution in [0.1, 0.15) is 11.6 Å². The van der Waals surface area contributed by atoms with E-state index in [0.717, 1.165) is 56.0 Å². The van der Waals surface area contributed by atoms with Gasteiger partial charge in [-0.25, -0.2) is 9.97 Å². The van der Waals surface area contributed by atoms with Crippen molar-refractivity contribution < 1.29 is 9.53 Å². The average molecular weight is 486 g/mol. The number of ether oxygens (including phenoxy) is 1. The Morgan fingerprint density at radius 3 is 2.77 bits per heavy atom. The standard InChI is InChI=1S/C25H23N7O2S/c26-21(23(27)33)15-4-1-3-14(11-15)20-12-19-22(35-20)25(32-7-9-34-10-8-32)30-24(29-19)16-5-2-6-18-17(16)13-28-31-18/h1-6,11-13,21H,7-10,26H2,(H2,27,33)(H,28,31). The van der Waals surface area contributed by atoms with Gasteiger partial charge in [0.25, 0.3) is 0 Å². The van der Waals surface area contributed by atoms with E-state index in [9.17, 15) is 4.79 Å². The van der Waals surface area contributed by atoms with E-state index in [4.69, 9.17) is 26.2 Å². The van der Waals surface area contributed by atoms with Gasteiger partial charge in [-0.1, -0.05) is 30.3 Å². The van der Waals surface area contributed by atoms with Crippen molar-refractivity contribution in [1.82, 2.24) is 20.2 Å². The fourth-order valence-corrected chi connectivity index (χ4v) is 5.49. The molecule has 0 aliphatic carbocycles. The Labute approximate surface area is 204 Å². The summed E-state index contributed by atoms with van der Waals surface area (Å²) in [6, 6.07) is 14.8. The molecule has 0 bridgehead atoms. The predicted molar refractivity (Wildman–Crippen MR) is 137 cm³/mol. The highest BCUT2D eigenvalue weighted by molar-refractivity contribution is 7.22. The van der Waals surface area contributed by atoms with Crippen LogP contribution in [0.3, 0.4) is 0 Å². The maximum atomic E-state index is 11.6. The first-order valence-corrected chi connectivity index (χ1v) is 12.1. The summed E-state index contributed by atoms with van der Waals surface area (Å²) in [6.45, 7) is 2.84. The molecule has 0 saturated carbocycles. The molecule has 5 N–H and O–H groups in total. The molecule has 9 nitrogen and oxygen atoms in total. The van der Waals surface area contributed by atoms with Crippen molar-refractivity contribution in [3.8, 4) is 21.8 Å². The molecule has 1 fully saturated rings. The zero-order valence-electron chi connectivity index (χ0n) is 18.8. The number of carbonyl (C=O) groups excluding carboxylic acids is 1. The minimum Gasteiger partial charge on any atom is -0.378 e. The Morgan fingerprint density at radius 1 is 1.11 bits per heavy atom. The number of nitrogens with zero attached hydrogens (tertiary/aromatic N) is 4. The molecule has 0 radical (unpaired) electrons. The average Bonchev–Trinajstić information content (AvgIpc) is 3.55. The largest absolute Gasteiger partial charge is 0.378 e. The number of anilines is 1. The van der Waals surface area contributed by atoms with E-state index in [1.165, 1.54) is 0 Å². The number of aromatic nitrogens is 4. The molecule has 1 unspecified atom stereocenters. The number of H-pyrrole nitrogens is 1. The van der Waals surface area contributed by atoms with Gasteiger partial charge in [0.15, 0.2) is 11.6 Å². The zero-order chi connectivity index (χ0) is 23.9. The molecule has 1 saturated heterocycles.